The van der Waals surface area contributed by atoms with E-state index in [4.69, 9.17) is 0 Å². The van der Waals surface area contributed by atoms with Gasteiger partial charge in [0.2, 0.25) is 0 Å². The summed E-state index contributed by atoms with van der Waals surface area (Å²) >= 11 is 0. The van der Waals surface area contributed by atoms with Crippen LogP contribution in [0, 0.1) is 11.6 Å². The number of aliphatic hydroxyl groups is 1. The van der Waals surface area contributed by atoms with E-state index in [0.29, 0.717) is 19.4 Å². The van der Waals surface area contributed by atoms with Gasteiger partial charge in [0.15, 0.2) is 0 Å². The van der Waals surface area contributed by atoms with Crippen LogP contribution in [0.3, 0.4) is 0 Å². The molecule has 0 aliphatic carbocycles. The highest BCUT2D eigenvalue weighted by molar-refractivity contribution is 5.26. The van der Waals surface area contributed by atoms with Gasteiger partial charge in [-0.3, -0.25) is 0 Å². The maximum absolute atomic E-state index is 13.7. The van der Waals surface area contributed by atoms with Gasteiger partial charge in [-0.15, -0.1) is 0 Å². The molecule has 0 aromatic heterocycles. The van der Waals surface area contributed by atoms with Crippen molar-refractivity contribution in [1.82, 2.24) is 4.90 Å². The van der Waals surface area contributed by atoms with Crippen LogP contribution in [-0.2, 0) is 5.60 Å². The highest BCUT2D eigenvalue weighted by Crippen LogP contribution is 2.36. The van der Waals surface area contributed by atoms with Crippen molar-refractivity contribution in [2.24, 2.45) is 0 Å². The molecule has 0 amide bonds. The molecule has 0 saturated carbocycles. The SMILES string of the molecule is CC1CC(O)(c2ccc(F)cc2F)CCN1C. The molecule has 94 valence electrons. The molecule has 1 fully saturated rings. The molecule has 1 aromatic carbocycles. The molecule has 0 spiro atoms. The largest absolute Gasteiger partial charge is 0.385 e. The lowest BCUT2D eigenvalue weighted by molar-refractivity contribution is -0.0432. The quantitative estimate of drug-likeness (QED) is 0.815. The van der Waals surface area contributed by atoms with Crippen LogP contribution in [0.1, 0.15) is 25.3 Å². The second kappa shape index (κ2) is 4.35. The Morgan fingerprint density at radius 1 is 1.41 bits per heavy atom. The third kappa shape index (κ3) is 2.33. The lowest BCUT2D eigenvalue weighted by Crippen LogP contribution is -2.46. The summed E-state index contributed by atoms with van der Waals surface area (Å²) in [6, 6.07) is 3.55. The second-order valence-electron chi connectivity index (χ2n) is 4.94. The van der Waals surface area contributed by atoms with E-state index in [2.05, 4.69) is 4.90 Å². The number of rotatable bonds is 1. The molecule has 2 nitrogen and oxygen atoms in total. The summed E-state index contributed by atoms with van der Waals surface area (Å²) in [5.41, 5.74) is -0.970. The summed E-state index contributed by atoms with van der Waals surface area (Å²) in [5.74, 6) is -1.28. The van der Waals surface area contributed by atoms with Crippen LogP contribution >= 0.6 is 0 Å². The Kier molecular flexibility index (Phi) is 3.19. The minimum absolute atomic E-state index is 0.179. The zero-order valence-corrected chi connectivity index (χ0v) is 10.1. The summed E-state index contributed by atoms with van der Waals surface area (Å²) < 4.78 is 26.5. The molecule has 2 atom stereocenters. The Labute approximate surface area is 99.9 Å². The topological polar surface area (TPSA) is 23.5 Å². The fraction of sp³-hybridized carbons (Fsp3) is 0.538. The summed E-state index contributed by atoms with van der Waals surface area (Å²) in [4.78, 5) is 2.12. The Bertz CT molecular complexity index is 424. The van der Waals surface area contributed by atoms with E-state index in [1.165, 1.54) is 12.1 Å². The second-order valence-corrected chi connectivity index (χ2v) is 4.94. The molecule has 1 saturated heterocycles. The van der Waals surface area contributed by atoms with Crippen molar-refractivity contribution in [2.75, 3.05) is 13.6 Å². The first-order chi connectivity index (χ1) is 7.92. The number of nitrogens with zero attached hydrogens (tertiary/aromatic N) is 1. The van der Waals surface area contributed by atoms with Gasteiger partial charge in [0.25, 0.3) is 0 Å². The summed E-state index contributed by atoms with van der Waals surface area (Å²) in [5, 5.41) is 10.5. The van der Waals surface area contributed by atoms with Crippen LogP contribution < -0.4 is 0 Å². The molecule has 4 heteroatoms. The summed E-state index contributed by atoms with van der Waals surface area (Å²) in [6.45, 7) is 2.69. The minimum atomic E-state index is -1.18. The maximum Gasteiger partial charge on any atom is 0.132 e. The van der Waals surface area contributed by atoms with E-state index >= 15 is 0 Å². The fourth-order valence-corrected chi connectivity index (χ4v) is 2.44. The van der Waals surface area contributed by atoms with E-state index < -0.39 is 17.2 Å². The van der Waals surface area contributed by atoms with Crippen LogP contribution in [0.15, 0.2) is 18.2 Å². The average molecular weight is 241 g/mol. The highest BCUT2D eigenvalue weighted by atomic mass is 19.1. The van der Waals surface area contributed by atoms with E-state index in [0.717, 1.165) is 6.07 Å². The first kappa shape index (κ1) is 12.5. The van der Waals surface area contributed by atoms with Crippen molar-refractivity contribution in [2.45, 2.75) is 31.4 Å². The summed E-state index contributed by atoms with van der Waals surface area (Å²) in [6.07, 6.45) is 0.933. The maximum atomic E-state index is 13.7. The van der Waals surface area contributed by atoms with Crippen LogP contribution in [-0.4, -0.2) is 29.6 Å². The molecule has 1 aliphatic heterocycles. The van der Waals surface area contributed by atoms with Gasteiger partial charge < -0.3 is 10.0 Å². The van der Waals surface area contributed by atoms with Gasteiger partial charge in [-0.1, -0.05) is 6.07 Å². The molecular weight excluding hydrogens is 224 g/mol. The lowest BCUT2D eigenvalue weighted by Gasteiger charge is -2.41. The predicted octanol–water partition coefficient (Wildman–Crippen LogP) is 2.27. The normalized spacial score (nSPS) is 30.5. The van der Waals surface area contributed by atoms with Crippen LogP contribution in [0.5, 0.6) is 0 Å². The average Bonchev–Trinajstić information content (AvgIpc) is 2.24. The molecule has 2 rings (SSSR count). The Balaban J connectivity index is 2.32. The van der Waals surface area contributed by atoms with Crippen molar-refractivity contribution >= 4 is 0 Å². The van der Waals surface area contributed by atoms with E-state index in [1.807, 2.05) is 14.0 Å². The molecule has 1 aromatic rings. The molecule has 2 unspecified atom stereocenters. The first-order valence-corrected chi connectivity index (χ1v) is 5.80. The molecule has 1 aliphatic rings. The van der Waals surface area contributed by atoms with Crippen LogP contribution in [0.25, 0.3) is 0 Å². The summed E-state index contributed by atoms with van der Waals surface area (Å²) in [7, 11) is 1.98. The molecule has 0 radical (unpaired) electrons. The van der Waals surface area contributed by atoms with Gasteiger partial charge >= 0.3 is 0 Å². The van der Waals surface area contributed by atoms with E-state index in [-0.39, 0.29) is 11.6 Å². The number of piperidine rings is 1. The third-order valence-electron chi connectivity index (χ3n) is 3.70. The number of hydrogen-bond acceptors (Lipinski definition) is 2. The molecular formula is C13H17F2NO. The first-order valence-electron chi connectivity index (χ1n) is 5.80. The molecule has 1 N–H and O–H groups in total. The van der Waals surface area contributed by atoms with Crippen molar-refractivity contribution in [3.05, 3.63) is 35.4 Å². The van der Waals surface area contributed by atoms with Gasteiger partial charge in [0, 0.05) is 24.2 Å². The van der Waals surface area contributed by atoms with Gasteiger partial charge in [0.05, 0.1) is 5.60 Å². The molecule has 0 bridgehead atoms. The van der Waals surface area contributed by atoms with Gasteiger partial charge in [0.1, 0.15) is 11.6 Å². The zero-order chi connectivity index (χ0) is 12.6. The standard InChI is InChI=1S/C13H17F2NO/c1-9-8-13(17,5-6-16(9)2)11-4-3-10(14)7-12(11)15/h3-4,7,9,17H,5-6,8H2,1-2H3. The van der Waals surface area contributed by atoms with Crippen LogP contribution in [0.2, 0.25) is 0 Å². The van der Waals surface area contributed by atoms with Crippen LogP contribution in [0.4, 0.5) is 8.78 Å². The monoisotopic (exact) mass is 241 g/mol. The van der Waals surface area contributed by atoms with Crippen molar-refractivity contribution in [3.63, 3.8) is 0 Å². The fourth-order valence-electron chi connectivity index (χ4n) is 2.44. The van der Waals surface area contributed by atoms with Crippen molar-refractivity contribution < 1.29 is 13.9 Å². The van der Waals surface area contributed by atoms with Gasteiger partial charge in [-0.25, -0.2) is 8.78 Å². The number of likely N-dealkylation sites (tertiary alicyclic amines) is 1. The Morgan fingerprint density at radius 3 is 2.71 bits per heavy atom. The van der Waals surface area contributed by atoms with Gasteiger partial charge in [-0.2, -0.15) is 0 Å². The zero-order valence-electron chi connectivity index (χ0n) is 10.1. The van der Waals surface area contributed by atoms with Gasteiger partial charge in [-0.05, 0) is 32.9 Å². The van der Waals surface area contributed by atoms with Crippen molar-refractivity contribution in [1.29, 1.82) is 0 Å². The highest BCUT2D eigenvalue weighted by Gasteiger charge is 2.38. The molecule has 17 heavy (non-hydrogen) atoms. The smallest absolute Gasteiger partial charge is 0.132 e. The number of halogens is 2. The Hall–Kier alpha value is -1.00. The predicted molar refractivity (Wildman–Crippen MR) is 61.6 cm³/mol. The lowest BCUT2D eigenvalue weighted by atomic mass is 9.81. The van der Waals surface area contributed by atoms with E-state index in [9.17, 15) is 13.9 Å². The third-order valence-corrected chi connectivity index (χ3v) is 3.70. The Morgan fingerprint density at radius 2 is 2.12 bits per heavy atom. The number of hydrogen-bond donors (Lipinski definition) is 1. The number of benzene rings is 1. The minimum Gasteiger partial charge on any atom is -0.385 e. The van der Waals surface area contributed by atoms with E-state index in [1.54, 1.807) is 0 Å². The van der Waals surface area contributed by atoms with Crippen molar-refractivity contribution in [3.8, 4) is 0 Å². The molecule has 1 heterocycles.